The maximum atomic E-state index is 13.3. The molecule has 0 aromatic heterocycles. The molecule has 2 heterocycles. The number of fused-ring (bicyclic) bond motifs is 2. The summed E-state index contributed by atoms with van der Waals surface area (Å²) in [6.07, 6.45) is 1.14. The van der Waals surface area contributed by atoms with E-state index in [1.807, 2.05) is 0 Å². The van der Waals surface area contributed by atoms with Gasteiger partial charge >= 0.3 is 0 Å². The molecule has 3 rings (SSSR count). The topological polar surface area (TPSA) is 41.9 Å². The van der Waals surface area contributed by atoms with Gasteiger partial charge in [0.15, 0.2) is 0 Å². The molecule has 0 radical (unpaired) electrons. The van der Waals surface area contributed by atoms with Crippen LogP contribution in [-0.4, -0.2) is 49.5 Å². The minimum atomic E-state index is -0.981. The zero-order valence-electron chi connectivity index (χ0n) is 11.8. The molecule has 2 unspecified atom stereocenters. The number of ether oxygens (including phenoxy) is 2. The molecule has 2 aliphatic heterocycles. The molecule has 1 N–H and O–H groups in total. The van der Waals surface area contributed by atoms with Gasteiger partial charge in [-0.05, 0) is 32.0 Å². The highest BCUT2D eigenvalue weighted by molar-refractivity contribution is 5.39. The van der Waals surface area contributed by atoms with Crippen LogP contribution in [0.25, 0.3) is 0 Å². The van der Waals surface area contributed by atoms with E-state index in [0.29, 0.717) is 37.4 Å². The fourth-order valence-electron chi connectivity index (χ4n) is 3.41. The number of rotatable bonds is 2. The van der Waals surface area contributed by atoms with E-state index >= 15 is 0 Å². The van der Waals surface area contributed by atoms with E-state index in [0.717, 1.165) is 0 Å². The number of nitrogens with zero attached hydrogens (tertiary/aromatic N) is 1. The molecule has 1 aromatic carbocycles. The summed E-state index contributed by atoms with van der Waals surface area (Å²) in [5.74, 6) is 0.0571. The predicted molar refractivity (Wildman–Crippen MR) is 72.2 cm³/mol. The van der Waals surface area contributed by atoms with Crippen LogP contribution in [0.1, 0.15) is 18.4 Å². The Balaban J connectivity index is 1.97. The normalized spacial score (nSPS) is 34.0. The summed E-state index contributed by atoms with van der Waals surface area (Å²) in [7, 11) is 3.57. The van der Waals surface area contributed by atoms with E-state index in [9.17, 15) is 9.50 Å². The third-order valence-electron chi connectivity index (χ3n) is 4.58. The largest absolute Gasteiger partial charge is 0.496 e. The first-order chi connectivity index (χ1) is 9.53. The Hall–Kier alpha value is -1.17. The van der Waals surface area contributed by atoms with Crippen molar-refractivity contribution in [1.82, 2.24) is 4.90 Å². The van der Waals surface area contributed by atoms with Crippen LogP contribution < -0.4 is 4.74 Å². The highest BCUT2D eigenvalue weighted by atomic mass is 19.1. The minimum absolute atomic E-state index is 0.183. The highest BCUT2D eigenvalue weighted by Gasteiger charge is 2.46. The lowest BCUT2D eigenvalue weighted by atomic mass is 9.77. The van der Waals surface area contributed by atoms with Crippen molar-refractivity contribution in [2.75, 3.05) is 27.4 Å². The molecule has 4 nitrogen and oxygen atoms in total. The molecule has 2 fully saturated rings. The molecule has 2 atom stereocenters. The maximum absolute atomic E-state index is 13.3. The van der Waals surface area contributed by atoms with Gasteiger partial charge in [0.1, 0.15) is 11.6 Å². The fourth-order valence-corrected chi connectivity index (χ4v) is 3.41. The van der Waals surface area contributed by atoms with Gasteiger partial charge in [-0.1, -0.05) is 0 Å². The number of hydrogen-bond donors (Lipinski definition) is 1. The number of methoxy groups -OCH3 is 1. The number of hydrogen-bond acceptors (Lipinski definition) is 4. The molecule has 0 spiro atoms. The van der Waals surface area contributed by atoms with Crippen LogP contribution in [0.15, 0.2) is 18.2 Å². The van der Waals surface area contributed by atoms with Crippen molar-refractivity contribution in [1.29, 1.82) is 0 Å². The summed E-state index contributed by atoms with van der Waals surface area (Å²) in [4.78, 5) is 2.27. The second-order valence-electron chi connectivity index (χ2n) is 5.80. The molecular formula is C15H20FNO3. The molecule has 2 saturated heterocycles. The van der Waals surface area contributed by atoms with Crippen LogP contribution in [0.3, 0.4) is 0 Å². The SMILES string of the molecule is COc1cc(F)ccc1C1(O)CC2COCC(C1)N2C. The lowest BCUT2D eigenvalue weighted by Gasteiger charge is -2.50. The Kier molecular flexibility index (Phi) is 3.44. The van der Waals surface area contributed by atoms with Crippen molar-refractivity contribution in [3.8, 4) is 5.75 Å². The van der Waals surface area contributed by atoms with Crippen molar-refractivity contribution in [2.45, 2.75) is 30.5 Å². The third-order valence-corrected chi connectivity index (χ3v) is 4.58. The van der Waals surface area contributed by atoms with Gasteiger partial charge in [-0.15, -0.1) is 0 Å². The zero-order valence-corrected chi connectivity index (χ0v) is 11.8. The van der Waals surface area contributed by atoms with E-state index < -0.39 is 5.60 Å². The van der Waals surface area contributed by atoms with Gasteiger partial charge in [0, 0.05) is 23.7 Å². The van der Waals surface area contributed by atoms with E-state index in [-0.39, 0.29) is 17.9 Å². The molecule has 0 saturated carbocycles. The van der Waals surface area contributed by atoms with Crippen molar-refractivity contribution < 1.29 is 19.0 Å². The summed E-state index contributed by atoms with van der Waals surface area (Å²) in [6, 6.07) is 4.71. The molecular weight excluding hydrogens is 261 g/mol. The third kappa shape index (κ3) is 2.20. The first-order valence-electron chi connectivity index (χ1n) is 6.89. The van der Waals surface area contributed by atoms with Crippen LogP contribution in [0, 0.1) is 5.82 Å². The Morgan fingerprint density at radius 1 is 1.35 bits per heavy atom. The van der Waals surface area contributed by atoms with Crippen molar-refractivity contribution in [3.63, 3.8) is 0 Å². The molecule has 5 heteroatoms. The monoisotopic (exact) mass is 281 g/mol. The second-order valence-corrected chi connectivity index (χ2v) is 5.80. The molecule has 110 valence electrons. The number of benzene rings is 1. The first kappa shape index (κ1) is 13.8. The Labute approximate surface area is 118 Å². The number of likely N-dealkylation sites (N-methyl/N-ethyl adjacent to an activating group) is 1. The number of piperidine rings is 1. The van der Waals surface area contributed by atoms with E-state index in [1.165, 1.54) is 19.2 Å². The molecule has 1 aromatic rings. The van der Waals surface area contributed by atoms with Crippen molar-refractivity contribution in [2.24, 2.45) is 0 Å². The molecule has 2 aliphatic rings. The van der Waals surface area contributed by atoms with Crippen molar-refractivity contribution in [3.05, 3.63) is 29.6 Å². The lowest BCUT2D eigenvalue weighted by Crippen LogP contribution is -2.59. The average molecular weight is 281 g/mol. The van der Waals surface area contributed by atoms with Gasteiger partial charge in [0.25, 0.3) is 0 Å². The second kappa shape index (κ2) is 4.98. The number of halogens is 1. The predicted octanol–water partition coefficient (Wildman–Crippen LogP) is 1.51. The van der Waals surface area contributed by atoms with Gasteiger partial charge in [-0.3, -0.25) is 4.90 Å². The van der Waals surface area contributed by atoms with Gasteiger partial charge in [-0.2, -0.15) is 0 Å². The summed E-state index contributed by atoms with van der Waals surface area (Å²) >= 11 is 0. The average Bonchev–Trinajstić information content (AvgIpc) is 2.40. The van der Waals surface area contributed by atoms with Crippen LogP contribution >= 0.6 is 0 Å². The molecule has 2 bridgehead atoms. The number of aliphatic hydroxyl groups is 1. The standard InChI is InChI=1S/C15H20FNO3/c1-17-11-6-15(18,7-12(17)9-20-8-11)13-4-3-10(16)5-14(13)19-2/h3-5,11-12,18H,6-9H2,1-2H3. The van der Waals surface area contributed by atoms with E-state index in [2.05, 4.69) is 11.9 Å². The lowest BCUT2D eigenvalue weighted by molar-refractivity contribution is -0.138. The van der Waals surface area contributed by atoms with Crippen LogP contribution in [-0.2, 0) is 10.3 Å². The zero-order chi connectivity index (χ0) is 14.3. The van der Waals surface area contributed by atoms with Crippen molar-refractivity contribution >= 4 is 0 Å². The van der Waals surface area contributed by atoms with Crippen LogP contribution in [0.2, 0.25) is 0 Å². The quantitative estimate of drug-likeness (QED) is 0.892. The van der Waals surface area contributed by atoms with E-state index in [1.54, 1.807) is 6.07 Å². The van der Waals surface area contributed by atoms with Gasteiger partial charge in [0.05, 0.1) is 25.9 Å². The Morgan fingerprint density at radius 3 is 2.60 bits per heavy atom. The van der Waals surface area contributed by atoms with Gasteiger partial charge in [0.2, 0.25) is 0 Å². The smallest absolute Gasteiger partial charge is 0.127 e. The Morgan fingerprint density at radius 2 is 2.00 bits per heavy atom. The summed E-state index contributed by atoms with van der Waals surface area (Å²) in [5, 5.41) is 11.1. The summed E-state index contributed by atoms with van der Waals surface area (Å²) < 4.78 is 24.1. The summed E-state index contributed by atoms with van der Waals surface area (Å²) in [5.41, 5.74) is -0.309. The van der Waals surface area contributed by atoms with Crippen LogP contribution in [0.4, 0.5) is 4.39 Å². The first-order valence-corrected chi connectivity index (χ1v) is 6.89. The highest BCUT2D eigenvalue weighted by Crippen LogP contribution is 2.43. The van der Waals surface area contributed by atoms with Gasteiger partial charge < -0.3 is 14.6 Å². The minimum Gasteiger partial charge on any atom is -0.496 e. The fraction of sp³-hybridized carbons (Fsp3) is 0.600. The maximum Gasteiger partial charge on any atom is 0.127 e. The van der Waals surface area contributed by atoms with Crippen LogP contribution in [0.5, 0.6) is 5.75 Å². The molecule has 0 aliphatic carbocycles. The van der Waals surface area contributed by atoms with Gasteiger partial charge in [-0.25, -0.2) is 4.39 Å². The Bertz CT molecular complexity index is 494. The summed E-state index contributed by atoms with van der Waals surface area (Å²) in [6.45, 7) is 1.25. The molecule has 0 amide bonds. The van der Waals surface area contributed by atoms with E-state index in [4.69, 9.17) is 9.47 Å². The molecule has 20 heavy (non-hydrogen) atoms. The number of morpholine rings is 1.